The molecule has 1 aliphatic carbocycles. The Kier molecular flexibility index (Phi) is 10.2. The van der Waals surface area contributed by atoms with Crippen LogP contribution in [0.25, 0.3) is 32.9 Å². The van der Waals surface area contributed by atoms with Gasteiger partial charge in [0, 0.05) is 35.9 Å². The molecule has 0 spiro atoms. The van der Waals surface area contributed by atoms with Crippen molar-refractivity contribution in [2.75, 3.05) is 11.0 Å². The molecule has 0 bridgehead atoms. The van der Waals surface area contributed by atoms with E-state index in [0.717, 1.165) is 17.0 Å². The summed E-state index contributed by atoms with van der Waals surface area (Å²) in [4.78, 5) is 18.9. The third-order valence-electron chi connectivity index (χ3n) is 9.39. The Morgan fingerprint density at radius 1 is 1.07 bits per heavy atom. The quantitative estimate of drug-likeness (QED) is 0.103. The Balaban J connectivity index is 1.39. The molecule has 1 saturated carbocycles. The average molecular weight is 788 g/mol. The number of aryl methyl sites for hydroxylation is 1. The summed E-state index contributed by atoms with van der Waals surface area (Å²) in [6.07, 6.45) is 4.70. The zero-order valence-electron chi connectivity index (χ0n) is 29.8. The van der Waals surface area contributed by atoms with Crippen molar-refractivity contribution in [3.05, 3.63) is 107 Å². The van der Waals surface area contributed by atoms with Gasteiger partial charge in [-0.3, -0.25) is 14.2 Å². The number of anilines is 1. The molecule has 1 aliphatic rings. The molecule has 1 atom stereocenters. The van der Waals surface area contributed by atoms with Gasteiger partial charge in [-0.25, -0.2) is 22.2 Å². The van der Waals surface area contributed by atoms with Crippen LogP contribution in [0.3, 0.4) is 0 Å². The molecule has 3 heterocycles. The van der Waals surface area contributed by atoms with Crippen LogP contribution in [-0.2, 0) is 34.6 Å². The van der Waals surface area contributed by atoms with Gasteiger partial charge in [-0.2, -0.15) is 10.2 Å². The summed E-state index contributed by atoms with van der Waals surface area (Å²) >= 11 is 8.10. The number of benzene rings is 3. The van der Waals surface area contributed by atoms with Crippen molar-refractivity contribution < 1.29 is 22.0 Å². The molecule has 2 N–H and O–H groups in total. The summed E-state index contributed by atoms with van der Waals surface area (Å²) in [6, 6.07) is 16.8. The van der Waals surface area contributed by atoms with Gasteiger partial charge in [-0.1, -0.05) is 53.7 Å². The topological polar surface area (TPSA) is 124 Å². The molecule has 3 aromatic heterocycles. The van der Waals surface area contributed by atoms with E-state index in [0.29, 0.717) is 51.4 Å². The van der Waals surface area contributed by atoms with E-state index in [1.165, 1.54) is 24.1 Å². The summed E-state index contributed by atoms with van der Waals surface area (Å²) in [7, 11) is -1.74. The van der Waals surface area contributed by atoms with E-state index >= 15 is 0 Å². The molecule has 1 unspecified atom stereocenters. The zero-order chi connectivity index (χ0) is 38.4. The van der Waals surface area contributed by atoms with Gasteiger partial charge in [0.25, 0.3) is 0 Å². The van der Waals surface area contributed by atoms with Gasteiger partial charge in [-0.15, -0.1) is 0 Å². The number of rotatable bonds is 11. The van der Waals surface area contributed by atoms with Gasteiger partial charge in [0.2, 0.25) is 5.91 Å². The normalized spacial score (nSPS) is 13.8. The van der Waals surface area contributed by atoms with E-state index in [1.54, 1.807) is 54.7 Å². The molecule has 1 fully saturated rings. The summed E-state index contributed by atoms with van der Waals surface area (Å²) < 4.78 is 60.7. The fourth-order valence-corrected chi connectivity index (χ4v) is 8.95. The highest BCUT2D eigenvalue weighted by atomic mass is 35.5. The van der Waals surface area contributed by atoms with Crippen LogP contribution in [0.2, 0.25) is 5.02 Å². The SMILES string of the molecule is CSNc1nn(C)c2c(-c3ccc(C#CC(C)(C)S(=O)(=O)C4CC4)nc3C(Cc3cc(F)cc(F)c3)NC(=O)Cn3ncc4ccccc43)ccc(Cl)c12. The highest BCUT2D eigenvalue weighted by Crippen LogP contribution is 2.40. The molecule has 1 amide bonds. The molecule has 0 aliphatic heterocycles. The summed E-state index contributed by atoms with van der Waals surface area (Å²) in [5.41, 5.74) is 3.51. The minimum atomic E-state index is -3.52. The second kappa shape index (κ2) is 14.7. The second-order valence-corrected chi connectivity index (χ2v) is 17.5. The van der Waals surface area contributed by atoms with Gasteiger partial charge < -0.3 is 10.0 Å². The zero-order valence-corrected chi connectivity index (χ0v) is 32.2. The van der Waals surface area contributed by atoms with E-state index in [1.807, 2.05) is 36.6 Å². The lowest BCUT2D eigenvalue weighted by Crippen LogP contribution is -2.34. The Hall–Kier alpha value is -4.97. The number of amides is 1. The Bertz CT molecular complexity index is 2590. The third-order valence-corrected chi connectivity index (χ3v) is 13.0. The number of nitrogens with one attached hydrogen (secondary N) is 2. The highest BCUT2D eigenvalue weighted by molar-refractivity contribution is 7.99. The maximum atomic E-state index is 14.6. The van der Waals surface area contributed by atoms with Gasteiger partial charge in [0.05, 0.1) is 44.6 Å². The molecule has 6 aromatic rings. The molecule has 54 heavy (non-hydrogen) atoms. The first kappa shape index (κ1) is 37.3. The molecule has 278 valence electrons. The van der Waals surface area contributed by atoms with Crippen LogP contribution in [0.1, 0.15) is 49.7 Å². The van der Waals surface area contributed by atoms with E-state index in [2.05, 4.69) is 32.1 Å². The van der Waals surface area contributed by atoms with Crippen molar-refractivity contribution in [3.63, 3.8) is 0 Å². The van der Waals surface area contributed by atoms with E-state index in [-0.39, 0.29) is 24.2 Å². The van der Waals surface area contributed by atoms with Crippen LogP contribution in [0.5, 0.6) is 0 Å². The minimum Gasteiger partial charge on any atom is -0.346 e. The average Bonchev–Trinajstić information content (AvgIpc) is 3.84. The number of halogens is 3. The first-order valence-electron chi connectivity index (χ1n) is 17.1. The smallest absolute Gasteiger partial charge is 0.242 e. The number of hydrogen-bond donors (Lipinski definition) is 2. The molecular weight excluding hydrogens is 752 g/mol. The van der Waals surface area contributed by atoms with Gasteiger partial charge >= 0.3 is 0 Å². The molecular formula is C39H36ClF2N7O3S2. The Labute approximate surface area is 320 Å². The van der Waals surface area contributed by atoms with Crippen LogP contribution in [0.15, 0.2) is 72.9 Å². The summed E-state index contributed by atoms with van der Waals surface area (Å²) in [5.74, 6) is 4.50. The van der Waals surface area contributed by atoms with Gasteiger partial charge in [0.15, 0.2) is 15.7 Å². The predicted molar refractivity (Wildman–Crippen MR) is 210 cm³/mol. The highest BCUT2D eigenvalue weighted by Gasteiger charge is 2.45. The lowest BCUT2D eigenvalue weighted by atomic mass is 9.93. The molecule has 3 aromatic carbocycles. The Morgan fingerprint density at radius 2 is 1.80 bits per heavy atom. The minimum absolute atomic E-state index is 0.0554. The van der Waals surface area contributed by atoms with Gasteiger partial charge in [-0.05, 0) is 81.0 Å². The van der Waals surface area contributed by atoms with Gasteiger partial charge in [0.1, 0.15) is 28.6 Å². The van der Waals surface area contributed by atoms with Crippen LogP contribution >= 0.6 is 23.5 Å². The van der Waals surface area contributed by atoms with Crippen molar-refractivity contribution in [1.82, 2.24) is 29.9 Å². The second-order valence-electron chi connectivity index (χ2n) is 13.7. The van der Waals surface area contributed by atoms with Crippen LogP contribution < -0.4 is 10.0 Å². The number of para-hydroxylation sites is 1. The number of pyridine rings is 1. The lowest BCUT2D eigenvalue weighted by molar-refractivity contribution is -0.122. The number of carbonyl (C=O) groups excluding carboxylic acids is 1. The standard InChI is InChI=1S/C39H36ClF2N7O3S2/c1-39(2,54(51,52)28-10-11-28)16-15-27-9-12-29(30-13-14-31(40)35-37(30)48(3)46-38(35)47-53-4)36(44-27)32(19-23-17-25(41)20-26(42)18-23)45-34(50)22-49-33-8-6-5-7-24(33)21-43-49/h5-9,12-14,17-18,20-21,28,32H,10-11,19,22H2,1-4H3,(H,45,50)(H,46,47). The molecule has 0 saturated heterocycles. The molecule has 10 nitrogen and oxygen atoms in total. The maximum absolute atomic E-state index is 14.6. The van der Waals surface area contributed by atoms with E-state index < -0.39 is 43.4 Å². The molecule has 7 rings (SSSR count). The summed E-state index contributed by atoms with van der Waals surface area (Å²) in [5, 5.41) is 13.7. The number of hydrogen-bond acceptors (Lipinski definition) is 8. The number of carbonyl (C=O) groups is 1. The van der Waals surface area contributed by atoms with Crippen molar-refractivity contribution in [1.29, 1.82) is 0 Å². The number of nitrogens with zero attached hydrogens (tertiary/aromatic N) is 5. The molecule has 0 radical (unpaired) electrons. The van der Waals surface area contributed by atoms with Crippen molar-refractivity contribution >= 4 is 66.9 Å². The number of aromatic nitrogens is 5. The number of fused-ring (bicyclic) bond motifs is 2. The van der Waals surface area contributed by atoms with Crippen molar-refractivity contribution in [3.8, 4) is 23.0 Å². The van der Waals surface area contributed by atoms with E-state index in [4.69, 9.17) is 16.6 Å². The van der Waals surface area contributed by atoms with Crippen LogP contribution in [0, 0.1) is 23.5 Å². The van der Waals surface area contributed by atoms with Crippen LogP contribution in [0.4, 0.5) is 14.6 Å². The third kappa shape index (κ3) is 7.40. The fourth-order valence-electron chi connectivity index (χ4n) is 6.59. The predicted octanol–water partition coefficient (Wildman–Crippen LogP) is 7.41. The Morgan fingerprint density at radius 3 is 2.52 bits per heavy atom. The van der Waals surface area contributed by atoms with Crippen molar-refractivity contribution in [2.45, 2.75) is 55.7 Å². The number of sulfone groups is 1. The lowest BCUT2D eigenvalue weighted by Gasteiger charge is -2.23. The first-order chi connectivity index (χ1) is 25.8. The largest absolute Gasteiger partial charge is 0.346 e. The first-order valence-corrected chi connectivity index (χ1v) is 20.3. The molecule has 15 heteroatoms. The van der Waals surface area contributed by atoms with Crippen LogP contribution in [-0.4, -0.2) is 55.1 Å². The fraction of sp³-hybridized carbons (Fsp3) is 0.282. The maximum Gasteiger partial charge on any atom is 0.242 e. The summed E-state index contributed by atoms with van der Waals surface area (Å²) in [6.45, 7) is 3.01. The van der Waals surface area contributed by atoms with Crippen molar-refractivity contribution in [2.24, 2.45) is 7.05 Å². The monoisotopic (exact) mass is 787 g/mol. The van der Waals surface area contributed by atoms with E-state index in [9.17, 15) is 22.0 Å².